The van der Waals surface area contributed by atoms with Gasteiger partial charge < -0.3 is 9.64 Å². The minimum absolute atomic E-state index is 0.124. The van der Waals surface area contributed by atoms with E-state index in [4.69, 9.17) is 16.3 Å². The molecule has 10 heteroatoms. The summed E-state index contributed by atoms with van der Waals surface area (Å²) in [7, 11) is -2.27. The van der Waals surface area contributed by atoms with E-state index < -0.39 is 28.0 Å². The van der Waals surface area contributed by atoms with Gasteiger partial charge in [0, 0.05) is 19.7 Å². The number of likely N-dealkylation sites (N-methyl/N-ethyl adjacent to an activating group) is 1. The van der Waals surface area contributed by atoms with Crippen LogP contribution in [0.4, 0.5) is 10.1 Å². The molecule has 0 fully saturated rings. The van der Waals surface area contributed by atoms with Gasteiger partial charge in [-0.05, 0) is 36.6 Å². The Morgan fingerprint density at radius 3 is 2.72 bits per heavy atom. The Bertz CT molecular complexity index is 1060. The van der Waals surface area contributed by atoms with Crippen LogP contribution in [0.15, 0.2) is 30.3 Å². The van der Waals surface area contributed by atoms with Crippen LogP contribution in [0, 0.1) is 12.7 Å². The van der Waals surface area contributed by atoms with Crippen LogP contribution in [0.25, 0.3) is 0 Å². The van der Waals surface area contributed by atoms with Gasteiger partial charge in [-0.2, -0.15) is 13.1 Å². The Morgan fingerprint density at radius 2 is 2.03 bits per heavy atom. The summed E-state index contributed by atoms with van der Waals surface area (Å²) in [5.74, 6) is -0.452. The Kier molecular flexibility index (Phi) is 6.13. The summed E-state index contributed by atoms with van der Waals surface area (Å²) in [4.78, 5) is 14.2. The minimum Gasteiger partial charge on any atom is -0.453 e. The number of aryl methyl sites for hydroxylation is 1. The third kappa shape index (κ3) is 4.53. The van der Waals surface area contributed by atoms with Gasteiger partial charge in [-0.3, -0.25) is 4.79 Å². The molecule has 3 rings (SSSR count). The lowest BCUT2D eigenvalue weighted by Gasteiger charge is -2.33. The molecule has 1 aliphatic rings. The highest BCUT2D eigenvalue weighted by Gasteiger charge is 2.35. The quantitative estimate of drug-likeness (QED) is 0.721. The maximum absolute atomic E-state index is 13.6. The van der Waals surface area contributed by atoms with Gasteiger partial charge in [0.2, 0.25) is 5.91 Å². The molecule has 1 amide bonds. The van der Waals surface area contributed by atoms with Crippen molar-refractivity contribution >= 4 is 33.4 Å². The topological polar surface area (TPSA) is 87.7 Å². The number of nitrogens with zero attached hydrogens (tertiary/aromatic N) is 1. The van der Waals surface area contributed by atoms with Gasteiger partial charge in [0.1, 0.15) is 17.6 Å². The fraction of sp³-hybridized carbons (Fsp3) is 0.316. The molecule has 0 bridgehead atoms. The number of hydrogen-bond donors (Lipinski definition) is 2. The third-order valence-electron chi connectivity index (χ3n) is 4.54. The number of hydrogen-bond acceptors (Lipinski definition) is 4. The van der Waals surface area contributed by atoms with E-state index in [0.717, 1.165) is 5.56 Å². The predicted molar refractivity (Wildman–Crippen MR) is 109 cm³/mol. The summed E-state index contributed by atoms with van der Waals surface area (Å²) in [6.45, 7) is 3.64. The van der Waals surface area contributed by atoms with Crippen molar-refractivity contribution in [2.75, 3.05) is 18.5 Å². The molecule has 0 aromatic heterocycles. The molecule has 29 heavy (non-hydrogen) atoms. The Morgan fingerprint density at radius 1 is 1.31 bits per heavy atom. The number of carbonyl (C=O) groups is 1. The lowest BCUT2D eigenvalue weighted by molar-refractivity contribution is -0.120. The number of anilines is 1. The van der Waals surface area contributed by atoms with E-state index in [0.29, 0.717) is 17.0 Å². The zero-order chi connectivity index (χ0) is 21.3. The van der Waals surface area contributed by atoms with Gasteiger partial charge in [-0.25, -0.2) is 9.11 Å². The van der Waals surface area contributed by atoms with Crippen molar-refractivity contribution < 1.29 is 22.3 Å². The van der Waals surface area contributed by atoms with E-state index in [1.807, 2.05) is 6.07 Å². The second-order valence-electron chi connectivity index (χ2n) is 6.67. The molecule has 1 heterocycles. The fourth-order valence-electron chi connectivity index (χ4n) is 3.20. The summed E-state index contributed by atoms with van der Waals surface area (Å²) in [5, 5.41) is 0.226. The van der Waals surface area contributed by atoms with Gasteiger partial charge in [0.25, 0.3) is 10.2 Å². The third-order valence-corrected chi connectivity index (χ3v) is 6.11. The lowest BCUT2D eigenvalue weighted by Crippen LogP contribution is -2.54. The molecule has 1 atom stereocenters. The van der Waals surface area contributed by atoms with Crippen LogP contribution in [0.5, 0.6) is 11.5 Å². The molecule has 0 unspecified atom stereocenters. The maximum Gasteiger partial charge on any atom is 0.277 e. The van der Waals surface area contributed by atoms with Crippen molar-refractivity contribution in [1.82, 2.24) is 9.44 Å². The molecule has 0 spiro atoms. The van der Waals surface area contributed by atoms with Crippen molar-refractivity contribution in [3.63, 3.8) is 0 Å². The number of fused-ring (bicyclic) bond motifs is 1. The Balaban J connectivity index is 2.00. The molecule has 2 aromatic carbocycles. The largest absolute Gasteiger partial charge is 0.453 e. The number of amides is 1. The summed E-state index contributed by atoms with van der Waals surface area (Å²) < 4.78 is 48.3. The first-order chi connectivity index (χ1) is 13.6. The number of nitrogens with one attached hydrogen (secondary N) is 2. The highest BCUT2D eigenvalue weighted by atomic mass is 35.5. The summed E-state index contributed by atoms with van der Waals surface area (Å²) in [6.07, 6.45) is 0.149. The average Bonchev–Trinajstić information content (AvgIpc) is 2.64. The van der Waals surface area contributed by atoms with Crippen LogP contribution >= 0.6 is 11.6 Å². The van der Waals surface area contributed by atoms with E-state index >= 15 is 0 Å². The number of carbonyl (C=O) groups excluding carboxylic acids is 1. The van der Waals surface area contributed by atoms with Crippen molar-refractivity contribution in [1.29, 1.82) is 0 Å². The van der Waals surface area contributed by atoms with Crippen molar-refractivity contribution in [3.05, 3.63) is 52.3 Å². The molecule has 1 aliphatic heterocycles. The van der Waals surface area contributed by atoms with Crippen LogP contribution in [0.2, 0.25) is 5.02 Å². The van der Waals surface area contributed by atoms with Crippen LogP contribution in [-0.2, 0) is 21.4 Å². The highest BCUT2D eigenvalue weighted by Crippen LogP contribution is 2.42. The molecule has 156 valence electrons. The van der Waals surface area contributed by atoms with Gasteiger partial charge in [-0.1, -0.05) is 30.7 Å². The van der Waals surface area contributed by atoms with E-state index in [9.17, 15) is 17.6 Å². The molecule has 0 aliphatic carbocycles. The summed E-state index contributed by atoms with van der Waals surface area (Å²) in [5.41, 5.74) is 1.93. The van der Waals surface area contributed by atoms with Crippen LogP contribution in [0.3, 0.4) is 0 Å². The standard InChI is InChI=1S/C19H21ClFN3O4S/c1-4-22-29(26,27)23-15-9-12-6-5-11(2)18(17(12)24(3)19(15)25)28-16-10-13(21)7-8-14(16)20/h5-8,10,15,22-23H,4,9H2,1-3H3/t15-/m1/s1. The predicted octanol–water partition coefficient (Wildman–Crippen LogP) is 2.91. The Labute approximate surface area is 174 Å². The fourth-order valence-corrected chi connectivity index (χ4v) is 4.38. The lowest BCUT2D eigenvalue weighted by atomic mass is 9.96. The average molecular weight is 442 g/mol. The first kappa shape index (κ1) is 21.5. The molecular weight excluding hydrogens is 421 g/mol. The number of halogens is 2. The summed E-state index contributed by atoms with van der Waals surface area (Å²) >= 11 is 6.12. The maximum atomic E-state index is 13.6. The smallest absolute Gasteiger partial charge is 0.277 e. The van der Waals surface area contributed by atoms with E-state index in [-0.39, 0.29) is 23.7 Å². The van der Waals surface area contributed by atoms with Gasteiger partial charge >= 0.3 is 0 Å². The molecule has 7 nitrogen and oxygen atoms in total. The molecular formula is C19H21ClFN3O4S. The molecule has 2 N–H and O–H groups in total. The summed E-state index contributed by atoms with van der Waals surface area (Å²) in [6, 6.07) is 6.42. The second kappa shape index (κ2) is 8.27. The van der Waals surface area contributed by atoms with E-state index in [1.165, 1.54) is 30.1 Å². The number of ether oxygens (including phenoxy) is 1. The SMILES string of the molecule is CCNS(=O)(=O)N[C@@H]1Cc2ccc(C)c(Oc3cc(F)ccc3Cl)c2N(C)C1=O. The van der Waals surface area contributed by atoms with Gasteiger partial charge in [0.15, 0.2) is 5.75 Å². The monoisotopic (exact) mass is 441 g/mol. The van der Waals surface area contributed by atoms with E-state index in [2.05, 4.69) is 9.44 Å². The number of rotatable bonds is 6. The molecule has 2 aromatic rings. The van der Waals surface area contributed by atoms with Crippen molar-refractivity contribution in [3.8, 4) is 11.5 Å². The zero-order valence-corrected chi connectivity index (χ0v) is 17.7. The highest BCUT2D eigenvalue weighted by molar-refractivity contribution is 7.87. The van der Waals surface area contributed by atoms with Crippen molar-refractivity contribution in [2.45, 2.75) is 26.3 Å². The van der Waals surface area contributed by atoms with Crippen LogP contribution in [-0.4, -0.2) is 34.0 Å². The van der Waals surface area contributed by atoms with Crippen LogP contribution in [0.1, 0.15) is 18.1 Å². The first-order valence-electron chi connectivity index (χ1n) is 8.92. The van der Waals surface area contributed by atoms with Gasteiger partial charge in [0.05, 0.1) is 10.7 Å². The number of benzene rings is 2. The minimum atomic E-state index is -3.81. The van der Waals surface area contributed by atoms with Gasteiger partial charge in [-0.15, -0.1) is 0 Å². The molecule has 0 saturated heterocycles. The molecule has 0 saturated carbocycles. The van der Waals surface area contributed by atoms with Crippen LogP contribution < -0.4 is 19.1 Å². The second-order valence-corrected chi connectivity index (χ2v) is 8.61. The first-order valence-corrected chi connectivity index (χ1v) is 10.8. The normalized spacial score (nSPS) is 16.7. The van der Waals surface area contributed by atoms with E-state index in [1.54, 1.807) is 19.9 Å². The Hall–Kier alpha value is -2.20. The molecule has 0 radical (unpaired) electrons. The zero-order valence-electron chi connectivity index (χ0n) is 16.1. The van der Waals surface area contributed by atoms with Crippen molar-refractivity contribution in [2.24, 2.45) is 0 Å².